The number of ether oxygens (including phenoxy) is 1. The summed E-state index contributed by atoms with van der Waals surface area (Å²) in [6, 6.07) is 15.9. The first-order valence-corrected chi connectivity index (χ1v) is 13.0. The SMILES string of the molecule is C[C@@]12c3ccccc3SCc3cccc(c31)OCCCCCN1CN2n2ccc(=O)c(O)c2C1=O. The van der Waals surface area contributed by atoms with E-state index in [1.54, 1.807) is 27.5 Å². The van der Waals surface area contributed by atoms with Crippen LogP contribution in [0.25, 0.3) is 0 Å². The van der Waals surface area contributed by atoms with Crippen molar-refractivity contribution >= 4 is 17.7 Å². The Balaban J connectivity index is 1.70. The lowest BCUT2D eigenvalue weighted by atomic mass is 9.80. The second-order valence-corrected chi connectivity index (χ2v) is 10.4. The van der Waals surface area contributed by atoms with E-state index in [1.165, 1.54) is 11.6 Å². The molecule has 0 saturated heterocycles. The van der Waals surface area contributed by atoms with Crippen molar-refractivity contribution in [2.45, 2.75) is 42.4 Å². The summed E-state index contributed by atoms with van der Waals surface area (Å²) in [4.78, 5) is 28.8. The van der Waals surface area contributed by atoms with Crippen molar-refractivity contribution in [3.63, 3.8) is 0 Å². The van der Waals surface area contributed by atoms with Gasteiger partial charge in [-0.15, -0.1) is 11.8 Å². The molecule has 1 atom stereocenters. The van der Waals surface area contributed by atoms with Crippen LogP contribution < -0.4 is 15.2 Å². The van der Waals surface area contributed by atoms with Crippen LogP contribution in [0.1, 0.15) is 53.4 Å². The van der Waals surface area contributed by atoms with Crippen molar-refractivity contribution in [3.05, 3.63) is 87.3 Å². The zero-order valence-electron chi connectivity index (χ0n) is 19.6. The van der Waals surface area contributed by atoms with Crippen LogP contribution in [0, 0.1) is 0 Å². The van der Waals surface area contributed by atoms with Crippen LogP contribution >= 0.6 is 11.8 Å². The molecule has 3 aliphatic heterocycles. The van der Waals surface area contributed by atoms with Gasteiger partial charge in [0.05, 0.1) is 6.61 Å². The number of amides is 1. The van der Waals surface area contributed by atoms with Gasteiger partial charge in [0, 0.05) is 35.0 Å². The maximum absolute atomic E-state index is 13.5. The Morgan fingerprint density at radius 3 is 2.77 bits per heavy atom. The molecule has 8 heteroatoms. The fourth-order valence-corrected chi connectivity index (χ4v) is 6.73. The fraction of sp³-hybridized carbons (Fsp3) is 0.333. The van der Waals surface area contributed by atoms with E-state index in [1.807, 2.05) is 24.3 Å². The second-order valence-electron chi connectivity index (χ2n) is 9.39. The minimum absolute atomic E-state index is 0.0105. The van der Waals surface area contributed by atoms with Crippen LogP contribution in [0.2, 0.25) is 0 Å². The molecule has 1 amide bonds. The van der Waals surface area contributed by atoms with E-state index in [0.717, 1.165) is 46.8 Å². The summed E-state index contributed by atoms with van der Waals surface area (Å²) in [5.41, 5.74) is 2.01. The van der Waals surface area contributed by atoms with Gasteiger partial charge in [0.15, 0.2) is 11.4 Å². The average molecular weight is 490 g/mol. The summed E-state index contributed by atoms with van der Waals surface area (Å²) < 4.78 is 8.08. The van der Waals surface area contributed by atoms with Gasteiger partial charge in [0.1, 0.15) is 18.0 Å². The third kappa shape index (κ3) is 3.34. The smallest absolute Gasteiger partial charge is 0.277 e. The average Bonchev–Trinajstić information content (AvgIpc) is 2.99. The molecule has 3 aromatic rings. The lowest BCUT2D eigenvalue weighted by Crippen LogP contribution is -2.62. The maximum atomic E-state index is 13.5. The summed E-state index contributed by atoms with van der Waals surface area (Å²) >= 11 is 1.79. The lowest BCUT2D eigenvalue weighted by molar-refractivity contribution is 0.0655. The molecular weight excluding hydrogens is 462 g/mol. The van der Waals surface area contributed by atoms with Crippen molar-refractivity contribution in [2.24, 2.45) is 0 Å². The molecule has 2 aromatic carbocycles. The number of pyridine rings is 1. The number of hydrogen-bond donors (Lipinski definition) is 1. The van der Waals surface area contributed by atoms with Gasteiger partial charge in [-0.3, -0.25) is 19.3 Å². The first-order chi connectivity index (χ1) is 17.0. The van der Waals surface area contributed by atoms with E-state index in [9.17, 15) is 14.7 Å². The lowest BCUT2D eigenvalue weighted by Gasteiger charge is -2.50. The summed E-state index contributed by atoms with van der Waals surface area (Å²) in [6.45, 7) is 3.62. The zero-order valence-corrected chi connectivity index (χ0v) is 20.4. The standard InChI is InChI=1S/C27H27N3O4S/c1-27-19-9-3-4-11-22(19)35-16-18-8-7-10-21(23(18)27)34-15-6-2-5-13-28-17-30(27)29-14-12-20(31)25(32)24(29)26(28)33/h3-4,7-12,14,32H,2,5-6,13,15-17H2,1H3/t27-/m1/s1. The van der Waals surface area contributed by atoms with Crippen molar-refractivity contribution in [1.29, 1.82) is 0 Å². The molecule has 1 N–H and O–H groups in total. The number of aromatic nitrogens is 1. The van der Waals surface area contributed by atoms with E-state index < -0.39 is 16.7 Å². The Morgan fingerprint density at radius 2 is 1.89 bits per heavy atom. The molecule has 3 aliphatic rings. The van der Waals surface area contributed by atoms with Gasteiger partial charge in [-0.05, 0) is 49.4 Å². The van der Waals surface area contributed by atoms with Crippen LogP contribution in [-0.4, -0.2) is 40.4 Å². The van der Waals surface area contributed by atoms with Gasteiger partial charge in [-0.25, -0.2) is 0 Å². The summed E-state index contributed by atoms with van der Waals surface area (Å²) in [6.07, 6.45) is 4.23. The third-order valence-corrected chi connectivity index (χ3v) is 8.47. The molecule has 0 unspecified atom stereocenters. The van der Waals surface area contributed by atoms with Gasteiger partial charge in [0.25, 0.3) is 5.91 Å². The van der Waals surface area contributed by atoms with E-state index in [0.29, 0.717) is 19.8 Å². The van der Waals surface area contributed by atoms with Gasteiger partial charge in [0.2, 0.25) is 5.43 Å². The number of rotatable bonds is 0. The molecule has 35 heavy (non-hydrogen) atoms. The van der Waals surface area contributed by atoms with Crippen molar-refractivity contribution < 1.29 is 14.6 Å². The number of aromatic hydroxyl groups is 1. The highest BCUT2D eigenvalue weighted by molar-refractivity contribution is 7.98. The fourth-order valence-electron chi connectivity index (χ4n) is 5.58. The number of carbonyl (C=O) groups is 1. The molecule has 4 heterocycles. The largest absolute Gasteiger partial charge is 0.502 e. The number of nitrogens with zero attached hydrogens (tertiary/aromatic N) is 3. The number of carbonyl (C=O) groups excluding carboxylic acids is 1. The minimum atomic E-state index is -0.750. The van der Waals surface area contributed by atoms with Gasteiger partial charge in [-0.1, -0.05) is 30.3 Å². The number of thioether (sulfide) groups is 1. The molecule has 0 saturated carbocycles. The summed E-state index contributed by atoms with van der Waals surface area (Å²) in [7, 11) is 0. The molecule has 6 rings (SSSR count). The van der Waals surface area contributed by atoms with Crippen LogP contribution in [0.3, 0.4) is 0 Å². The number of benzene rings is 2. The molecule has 0 fully saturated rings. The van der Waals surface area contributed by atoms with Crippen LogP contribution in [0.15, 0.2) is 64.4 Å². The monoisotopic (exact) mass is 489 g/mol. The van der Waals surface area contributed by atoms with Gasteiger partial charge >= 0.3 is 0 Å². The zero-order chi connectivity index (χ0) is 24.2. The Bertz CT molecular complexity index is 1390. The van der Waals surface area contributed by atoms with Crippen molar-refractivity contribution in [2.75, 3.05) is 24.8 Å². The summed E-state index contributed by atoms with van der Waals surface area (Å²) in [5, 5.41) is 12.9. The number of hydrogen-bond acceptors (Lipinski definition) is 6. The first-order valence-electron chi connectivity index (χ1n) is 12.0. The highest BCUT2D eigenvalue weighted by Crippen LogP contribution is 2.50. The van der Waals surface area contributed by atoms with Crippen molar-refractivity contribution in [3.8, 4) is 11.5 Å². The normalized spacial score (nSPS) is 21.5. The molecule has 180 valence electrons. The molecular formula is C27H27N3O4S. The maximum Gasteiger partial charge on any atom is 0.277 e. The highest BCUT2D eigenvalue weighted by Gasteiger charge is 2.47. The number of fused-ring (bicyclic) bond motifs is 7. The summed E-state index contributed by atoms with van der Waals surface area (Å²) in [5.74, 6) is 0.790. The second kappa shape index (κ2) is 8.37. The Hall–Kier alpha value is -3.39. The van der Waals surface area contributed by atoms with Crippen molar-refractivity contribution in [1.82, 2.24) is 9.58 Å². The van der Waals surface area contributed by atoms with Crippen LogP contribution in [-0.2, 0) is 11.3 Å². The molecule has 0 aliphatic carbocycles. The minimum Gasteiger partial charge on any atom is -0.502 e. The predicted molar refractivity (Wildman–Crippen MR) is 135 cm³/mol. The van der Waals surface area contributed by atoms with Gasteiger partial charge in [-0.2, -0.15) is 0 Å². The highest BCUT2D eigenvalue weighted by atomic mass is 32.2. The van der Waals surface area contributed by atoms with Crippen LogP contribution in [0.4, 0.5) is 0 Å². The van der Waals surface area contributed by atoms with Gasteiger partial charge < -0.3 is 14.7 Å². The molecule has 2 bridgehead atoms. The Kier molecular flexibility index (Phi) is 5.29. The quantitative estimate of drug-likeness (QED) is 0.514. The van der Waals surface area contributed by atoms with E-state index in [2.05, 4.69) is 30.1 Å². The van der Waals surface area contributed by atoms with Crippen LogP contribution in [0.5, 0.6) is 11.5 Å². The molecule has 0 radical (unpaired) electrons. The van der Waals surface area contributed by atoms with E-state index in [-0.39, 0.29) is 11.6 Å². The first kappa shape index (κ1) is 22.1. The predicted octanol–water partition coefficient (Wildman–Crippen LogP) is 4.04. The Morgan fingerprint density at radius 1 is 1.03 bits per heavy atom. The Labute approximate surface area is 207 Å². The van der Waals surface area contributed by atoms with E-state index >= 15 is 0 Å². The third-order valence-electron chi connectivity index (χ3n) is 7.35. The molecule has 0 spiro atoms. The molecule has 7 nitrogen and oxygen atoms in total. The molecule has 1 aromatic heterocycles. The van der Waals surface area contributed by atoms with E-state index in [4.69, 9.17) is 4.74 Å². The topological polar surface area (TPSA) is 75.0 Å².